The molecule has 1 aromatic rings. The molecule has 1 fully saturated rings. The standard InChI is InChI=1S/C13H15NO4/c1-8-5-6-14(11(8)13(17)18)12(16)9-3-2-4-10(15)7-9/h2-4,7-8,11,15H,5-6H2,1H3,(H,17,18). The van der Waals surface area contributed by atoms with Crippen molar-refractivity contribution in [3.8, 4) is 5.75 Å². The number of likely N-dealkylation sites (tertiary alicyclic amines) is 1. The number of hydrogen-bond acceptors (Lipinski definition) is 3. The van der Waals surface area contributed by atoms with Crippen LogP contribution in [0.2, 0.25) is 0 Å². The first kappa shape index (κ1) is 12.4. The van der Waals surface area contributed by atoms with E-state index in [9.17, 15) is 14.7 Å². The first-order chi connectivity index (χ1) is 8.50. The number of nitrogens with zero attached hydrogens (tertiary/aromatic N) is 1. The van der Waals surface area contributed by atoms with E-state index in [2.05, 4.69) is 0 Å². The van der Waals surface area contributed by atoms with Crippen molar-refractivity contribution in [1.82, 2.24) is 4.90 Å². The summed E-state index contributed by atoms with van der Waals surface area (Å²) < 4.78 is 0. The van der Waals surface area contributed by atoms with E-state index in [1.54, 1.807) is 12.1 Å². The van der Waals surface area contributed by atoms with Crippen molar-refractivity contribution in [1.29, 1.82) is 0 Å². The van der Waals surface area contributed by atoms with Crippen molar-refractivity contribution in [3.05, 3.63) is 29.8 Å². The third kappa shape index (κ3) is 2.16. The molecule has 1 saturated heterocycles. The molecule has 2 N–H and O–H groups in total. The predicted molar refractivity (Wildman–Crippen MR) is 64.3 cm³/mol. The summed E-state index contributed by atoms with van der Waals surface area (Å²) in [6.07, 6.45) is 0.682. The van der Waals surface area contributed by atoms with E-state index in [0.717, 1.165) is 0 Å². The Morgan fingerprint density at radius 1 is 1.39 bits per heavy atom. The summed E-state index contributed by atoms with van der Waals surface area (Å²) in [6.45, 7) is 2.27. The zero-order valence-corrected chi connectivity index (χ0v) is 10.0. The molecule has 5 nitrogen and oxygen atoms in total. The highest BCUT2D eigenvalue weighted by atomic mass is 16.4. The van der Waals surface area contributed by atoms with Gasteiger partial charge < -0.3 is 15.1 Å². The summed E-state index contributed by atoms with van der Waals surface area (Å²) in [6, 6.07) is 5.18. The number of carbonyl (C=O) groups excluding carboxylic acids is 1. The fourth-order valence-electron chi connectivity index (χ4n) is 2.36. The minimum Gasteiger partial charge on any atom is -0.508 e. The Balaban J connectivity index is 2.26. The summed E-state index contributed by atoms with van der Waals surface area (Å²) in [5.41, 5.74) is 0.315. The number of benzene rings is 1. The van der Waals surface area contributed by atoms with Crippen LogP contribution < -0.4 is 0 Å². The number of carboxylic acid groups (broad SMARTS) is 1. The highest BCUT2D eigenvalue weighted by Gasteiger charge is 2.39. The van der Waals surface area contributed by atoms with Gasteiger partial charge in [-0.25, -0.2) is 4.79 Å². The van der Waals surface area contributed by atoms with Gasteiger partial charge in [0.25, 0.3) is 5.91 Å². The molecule has 0 aromatic heterocycles. The molecule has 1 amide bonds. The van der Waals surface area contributed by atoms with Gasteiger partial charge in [-0.05, 0) is 30.5 Å². The fraction of sp³-hybridized carbons (Fsp3) is 0.385. The number of aromatic hydroxyl groups is 1. The Bertz CT molecular complexity index is 486. The highest BCUT2D eigenvalue weighted by molar-refractivity contribution is 5.97. The molecule has 2 atom stereocenters. The van der Waals surface area contributed by atoms with Crippen LogP contribution in [0.25, 0.3) is 0 Å². The van der Waals surface area contributed by atoms with E-state index < -0.39 is 12.0 Å². The first-order valence-electron chi connectivity index (χ1n) is 5.83. The number of carbonyl (C=O) groups is 2. The maximum absolute atomic E-state index is 12.2. The molecule has 18 heavy (non-hydrogen) atoms. The second-order valence-electron chi connectivity index (χ2n) is 4.60. The van der Waals surface area contributed by atoms with E-state index in [0.29, 0.717) is 18.5 Å². The summed E-state index contributed by atoms with van der Waals surface area (Å²) in [5, 5.41) is 18.5. The maximum Gasteiger partial charge on any atom is 0.326 e. The van der Waals surface area contributed by atoms with Crippen molar-refractivity contribution in [3.63, 3.8) is 0 Å². The highest BCUT2D eigenvalue weighted by Crippen LogP contribution is 2.26. The Hall–Kier alpha value is -2.04. The van der Waals surface area contributed by atoms with E-state index in [1.807, 2.05) is 6.92 Å². The molecule has 96 valence electrons. The molecule has 1 aliphatic rings. The molecule has 0 saturated carbocycles. The van der Waals surface area contributed by atoms with Crippen molar-refractivity contribution < 1.29 is 19.8 Å². The molecular weight excluding hydrogens is 234 g/mol. The van der Waals surface area contributed by atoms with Crippen LogP contribution in [-0.2, 0) is 4.79 Å². The molecule has 0 bridgehead atoms. The van der Waals surface area contributed by atoms with Gasteiger partial charge in [0.2, 0.25) is 0 Å². The molecule has 2 unspecified atom stereocenters. The molecule has 2 rings (SSSR count). The number of phenols is 1. The van der Waals surface area contributed by atoms with Gasteiger partial charge in [-0.2, -0.15) is 0 Å². The average Bonchev–Trinajstić information content (AvgIpc) is 2.70. The fourth-order valence-corrected chi connectivity index (χ4v) is 2.36. The van der Waals surface area contributed by atoms with E-state index >= 15 is 0 Å². The molecule has 0 radical (unpaired) electrons. The number of rotatable bonds is 2. The van der Waals surface area contributed by atoms with E-state index in [1.165, 1.54) is 17.0 Å². The van der Waals surface area contributed by atoms with Crippen LogP contribution in [0.4, 0.5) is 0 Å². The Morgan fingerprint density at radius 2 is 2.11 bits per heavy atom. The molecule has 5 heteroatoms. The van der Waals surface area contributed by atoms with Crippen molar-refractivity contribution in [2.24, 2.45) is 5.92 Å². The molecule has 0 spiro atoms. The Labute approximate surface area is 105 Å². The number of carboxylic acids is 1. The average molecular weight is 249 g/mol. The monoisotopic (exact) mass is 249 g/mol. The van der Waals surface area contributed by atoms with Crippen LogP contribution >= 0.6 is 0 Å². The quantitative estimate of drug-likeness (QED) is 0.828. The van der Waals surface area contributed by atoms with Gasteiger partial charge in [0, 0.05) is 12.1 Å². The summed E-state index contributed by atoms with van der Waals surface area (Å²) >= 11 is 0. The Morgan fingerprint density at radius 3 is 2.72 bits per heavy atom. The van der Waals surface area contributed by atoms with Crippen LogP contribution in [0.5, 0.6) is 5.75 Å². The third-order valence-corrected chi connectivity index (χ3v) is 3.31. The maximum atomic E-state index is 12.2. The topological polar surface area (TPSA) is 77.8 Å². The number of amides is 1. The lowest BCUT2D eigenvalue weighted by Crippen LogP contribution is -2.42. The Kier molecular flexibility index (Phi) is 3.23. The summed E-state index contributed by atoms with van der Waals surface area (Å²) in [7, 11) is 0. The SMILES string of the molecule is CC1CCN(C(=O)c2cccc(O)c2)C1C(=O)O. The largest absolute Gasteiger partial charge is 0.508 e. The lowest BCUT2D eigenvalue weighted by atomic mass is 10.0. The van der Waals surface area contributed by atoms with Crippen molar-refractivity contribution >= 4 is 11.9 Å². The first-order valence-corrected chi connectivity index (χ1v) is 5.83. The summed E-state index contributed by atoms with van der Waals surface area (Å²) in [4.78, 5) is 24.8. The molecular formula is C13H15NO4. The molecule has 1 aromatic carbocycles. The van der Waals surface area contributed by atoms with Crippen LogP contribution in [0.15, 0.2) is 24.3 Å². The predicted octanol–water partition coefficient (Wildman–Crippen LogP) is 1.33. The molecule has 0 aliphatic carbocycles. The second-order valence-corrected chi connectivity index (χ2v) is 4.60. The minimum absolute atomic E-state index is 0.0000274. The molecule has 1 heterocycles. The number of hydrogen-bond donors (Lipinski definition) is 2. The van der Waals surface area contributed by atoms with Crippen LogP contribution in [0.1, 0.15) is 23.7 Å². The third-order valence-electron chi connectivity index (χ3n) is 3.31. The number of phenolic OH excluding ortho intramolecular Hbond substituents is 1. The van der Waals surface area contributed by atoms with Crippen LogP contribution in [0.3, 0.4) is 0 Å². The van der Waals surface area contributed by atoms with Gasteiger partial charge in [0.1, 0.15) is 11.8 Å². The second kappa shape index (κ2) is 4.68. The van der Waals surface area contributed by atoms with Gasteiger partial charge in [-0.15, -0.1) is 0 Å². The van der Waals surface area contributed by atoms with E-state index in [-0.39, 0.29) is 17.6 Å². The zero-order chi connectivity index (χ0) is 13.3. The van der Waals surface area contributed by atoms with Crippen LogP contribution in [-0.4, -0.2) is 39.6 Å². The van der Waals surface area contributed by atoms with Crippen LogP contribution in [0, 0.1) is 5.92 Å². The minimum atomic E-state index is -0.978. The summed E-state index contributed by atoms with van der Waals surface area (Å²) in [5.74, 6) is -1.38. The zero-order valence-electron chi connectivity index (χ0n) is 10.0. The van der Waals surface area contributed by atoms with Gasteiger partial charge >= 0.3 is 5.97 Å². The smallest absolute Gasteiger partial charge is 0.326 e. The van der Waals surface area contributed by atoms with Gasteiger partial charge in [0.05, 0.1) is 0 Å². The molecule has 1 aliphatic heterocycles. The lowest BCUT2D eigenvalue weighted by molar-refractivity contribution is -0.142. The number of aliphatic carboxylic acids is 1. The van der Waals surface area contributed by atoms with E-state index in [4.69, 9.17) is 5.11 Å². The lowest BCUT2D eigenvalue weighted by Gasteiger charge is -2.23. The van der Waals surface area contributed by atoms with Gasteiger partial charge in [-0.1, -0.05) is 13.0 Å². The van der Waals surface area contributed by atoms with Crippen molar-refractivity contribution in [2.75, 3.05) is 6.54 Å². The van der Waals surface area contributed by atoms with Crippen molar-refractivity contribution in [2.45, 2.75) is 19.4 Å². The van der Waals surface area contributed by atoms with Gasteiger partial charge in [-0.3, -0.25) is 4.79 Å². The normalized spacial score (nSPS) is 23.1. The van der Waals surface area contributed by atoms with Gasteiger partial charge in [0.15, 0.2) is 0 Å².